The molecule has 0 fully saturated rings. The van der Waals surface area contributed by atoms with Crippen molar-refractivity contribution < 1.29 is 9.53 Å². The lowest BCUT2D eigenvalue weighted by Crippen LogP contribution is -2.24. The number of carbonyl (C=O) groups excluding carboxylic acids is 1. The van der Waals surface area contributed by atoms with Crippen LogP contribution in [0, 0.1) is 0 Å². The van der Waals surface area contributed by atoms with Gasteiger partial charge in [0.25, 0.3) is 0 Å². The third-order valence-corrected chi connectivity index (χ3v) is 3.86. The van der Waals surface area contributed by atoms with Gasteiger partial charge >= 0.3 is 0 Å². The van der Waals surface area contributed by atoms with Crippen LogP contribution in [-0.4, -0.2) is 11.9 Å². The summed E-state index contributed by atoms with van der Waals surface area (Å²) in [5.74, 6) is 0.0720. The number of rotatable bonds is 4. The Morgan fingerprint density at radius 2 is 1.57 bits per heavy atom. The maximum Gasteiger partial charge on any atom is 0.204 e. The molecule has 0 saturated carbocycles. The molecule has 1 unspecified atom stereocenters. The fourth-order valence-corrected chi connectivity index (χ4v) is 2.55. The van der Waals surface area contributed by atoms with Crippen molar-refractivity contribution in [1.82, 2.24) is 0 Å². The van der Waals surface area contributed by atoms with Crippen LogP contribution in [0.3, 0.4) is 0 Å². The standard InChI is InChI=1S/C15H10Cl4O2/c1-8(21-14-7-10(17)3-5-12(14)18)15(20)11-4-2-9(16)6-13(11)19/h2-8H,1H3. The van der Waals surface area contributed by atoms with E-state index in [1.807, 2.05) is 0 Å². The van der Waals surface area contributed by atoms with Gasteiger partial charge in [0.1, 0.15) is 5.75 Å². The van der Waals surface area contributed by atoms with Crippen LogP contribution in [0.4, 0.5) is 0 Å². The Kier molecular flexibility index (Phi) is 5.39. The SMILES string of the molecule is CC(Oc1cc(Cl)ccc1Cl)C(=O)c1ccc(Cl)cc1Cl. The lowest BCUT2D eigenvalue weighted by molar-refractivity contribution is 0.0818. The lowest BCUT2D eigenvalue weighted by atomic mass is 10.1. The van der Waals surface area contributed by atoms with Crippen molar-refractivity contribution in [2.75, 3.05) is 0 Å². The summed E-state index contributed by atoms with van der Waals surface area (Å²) in [4.78, 5) is 12.3. The van der Waals surface area contributed by atoms with E-state index in [0.29, 0.717) is 26.4 Å². The van der Waals surface area contributed by atoms with Crippen molar-refractivity contribution in [2.24, 2.45) is 0 Å². The molecule has 2 aromatic rings. The lowest BCUT2D eigenvalue weighted by Gasteiger charge is -2.15. The van der Waals surface area contributed by atoms with Gasteiger partial charge in [0.2, 0.25) is 5.78 Å². The van der Waals surface area contributed by atoms with Gasteiger partial charge in [-0.1, -0.05) is 46.4 Å². The average Bonchev–Trinajstić information content (AvgIpc) is 2.42. The zero-order valence-corrected chi connectivity index (χ0v) is 13.9. The molecule has 0 aliphatic heterocycles. The first-order valence-electron chi connectivity index (χ1n) is 5.99. The van der Waals surface area contributed by atoms with Gasteiger partial charge in [-0.3, -0.25) is 4.79 Å². The quantitative estimate of drug-likeness (QED) is 0.627. The molecule has 0 spiro atoms. The number of halogens is 4. The predicted molar refractivity (Wildman–Crippen MR) is 87.3 cm³/mol. The van der Waals surface area contributed by atoms with E-state index in [1.165, 1.54) is 6.07 Å². The van der Waals surface area contributed by atoms with Crippen LogP contribution in [0.2, 0.25) is 20.1 Å². The van der Waals surface area contributed by atoms with E-state index in [-0.39, 0.29) is 10.8 Å². The van der Waals surface area contributed by atoms with Crippen molar-refractivity contribution in [1.29, 1.82) is 0 Å². The fourth-order valence-electron chi connectivity index (χ4n) is 1.72. The topological polar surface area (TPSA) is 26.3 Å². The normalized spacial score (nSPS) is 12.0. The molecule has 2 nitrogen and oxygen atoms in total. The van der Waals surface area contributed by atoms with Crippen LogP contribution in [0.1, 0.15) is 17.3 Å². The van der Waals surface area contributed by atoms with Crippen LogP contribution >= 0.6 is 46.4 Å². The summed E-state index contributed by atoms with van der Waals surface area (Å²) in [6.07, 6.45) is -0.764. The second-order valence-electron chi connectivity index (χ2n) is 4.32. The second kappa shape index (κ2) is 6.89. The highest BCUT2D eigenvalue weighted by Crippen LogP contribution is 2.29. The number of hydrogen-bond donors (Lipinski definition) is 0. The number of ketones is 1. The van der Waals surface area contributed by atoms with E-state index in [4.69, 9.17) is 51.1 Å². The van der Waals surface area contributed by atoms with Crippen molar-refractivity contribution in [2.45, 2.75) is 13.0 Å². The minimum absolute atomic E-state index is 0.271. The minimum Gasteiger partial charge on any atom is -0.481 e. The minimum atomic E-state index is -0.764. The Balaban J connectivity index is 2.21. The molecule has 0 radical (unpaired) electrons. The number of Topliss-reactive ketones (excluding diaryl/α,β-unsaturated/α-hetero) is 1. The van der Waals surface area contributed by atoms with Crippen molar-refractivity contribution in [3.8, 4) is 5.75 Å². The van der Waals surface area contributed by atoms with Gasteiger partial charge in [-0.2, -0.15) is 0 Å². The Morgan fingerprint density at radius 1 is 0.952 bits per heavy atom. The summed E-state index contributed by atoms with van der Waals surface area (Å²) < 4.78 is 5.57. The zero-order valence-electron chi connectivity index (χ0n) is 10.9. The molecular weight excluding hydrogens is 354 g/mol. The van der Waals surface area contributed by atoms with Crippen molar-refractivity contribution >= 4 is 52.2 Å². The highest BCUT2D eigenvalue weighted by Gasteiger charge is 2.20. The number of carbonyl (C=O) groups is 1. The number of benzene rings is 2. The summed E-state index contributed by atoms with van der Waals surface area (Å²) in [5.41, 5.74) is 0.340. The van der Waals surface area contributed by atoms with E-state index in [1.54, 1.807) is 37.3 Å². The Bertz CT molecular complexity index is 685. The Hall–Kier alpha value is -0.930. The molecule has 21 heavy (non-hydrogen) atoms. The first kappa shape index (κ1) is 16.4. The second-order valence-corrected chi connectivity index (χ2v) is 6.01. The van der Waals surface area contributed by atoms with Gasteiger partial charge in [0.15, 0.2) is 6.10 Å². The Labute approximate surface area is 142 Å². The third-order valence-electron chi connectivity index (χ3n) is 2.76. The first-order valence-corrected chi connectivity index (χ1v) is 7.50. The molecule has 0 amide bonds. The van der Waals surface area contributed by atoms with Gasteiger partial charge in [0, 0.05) is 21.7 Å². The number of hydrogen-bond acceptors (Lipinski definition) is 2. The molecule has 0 aromatic heterocycles. The van der Waals surface area contributed by atoms with Crippen molar-refractivity contribution in [3.63, 3.8) is 0 Å². The monoisotopic (exact) mass is 362 g/mol. The summed E-state index contributed by atoms with van der Waals surface area (Å²) in [6.45, 7) is 1.62. The average molecular weight is 364 g/mol. The van der Waals surface area contributed by atoms with E-state index >= 15 is 0 Å². The van der Waals surface area contributed by atoms with Crippen LogP contribution in [-0.2, 0) is 0 Å². The van der Waals surface area contributed by atoms with Crippen LogP contribution in [0.5, 0.6) is 5.75 Å². The maximum atomic E-state index is 12.3. The highest BCUT2D eigenvalue weighted by atomic mass is 35.5. The van der Waals surface area contributed by atoms with E-state index in [0.717, 1.165) is 0 Å². The Morgan fingerprint density at radius 3 is 2.24 bits per heavy atom. The maximum absolute atomic E-state index is 12.3. The fraction of sp³-hybridized carbons (Fsp3) is 0.133. The van der Waals surface area contributed by atoms with Gasteiger partial charge in [-0.05, 0) is 37.3 Å². The van der Waals surface area contributed by atoms with Crippen LogP contribution in [0.25, 0.3) is 0 Å². The molecular formula is C15H10Cl4O2. The molecule has 2 aromatic carbocycles. The molecule has 0 saturated heterocycles. The van der Waals surface area contributed by atoms with Crippen LogP contribution < -0.4 is 4.74 Å². The van der Waals surface area contributed by atoms with Gasteiger partial charge in [-0.15, -0.1) is 0 Å². The van der Waals surface area contributed by atoms with E-state index < -0.39 is 6.10 Å². The zero-order chi connectivity index (χ0) is 15.6. The first-order chi connectivity index (χ1) is 9.88. The molecule has 110 valence electrons. The highest BCUT2D eigenvalue weighted by molar-refractivity contribution is 6.37. The van der Waals surface area contributed by atoms with E-state index in [9.17, 15) is 4.79 Å². The molecule has 0 N–H and O–H groups in total. The summed E-state index contributed by atoms with van der Waals surface area (Å²) >= 11 is 23.7. The molecule has 0 heterocycles. The van der Waals surface area contributed by atoms with Gasteiger partial charge < -0.3 is 4.74 Å². The molecule has 1 atom stereocenters. The molecule has 2 rings (SSSR count). The predicted octanol–water partition coefficient (Wildman–Crippen LogP) is 5.95. The molecule has 0 bridgehead atoms. The van der Waals surface area contributed by atoms with Crippen LogP contribution in [0.15, 0.2) is 36.4 Å². The number of ether oxygens (including phenoxy) is 1. The van der Waals surface area contributed by atoms with E-state index in [2.05, 4.69) is 0 Å². The summed E-state index contributed by atoms with van der Waals surface area (Å²) in [5, 5.41) is 1.59. The molecule has 0 aliphatic rings. The molecule has 6 heteroatoms. The summed E-state index contributed by atoms with van der Waals surface area (Å²) in [6, 6.07) is 9.46. The van der Waals surface area contributed by atoms with Gasteiger partial charge in [0.05, 0.1) is 10.0 Å². The largest absolute Gasteiger partial charge is 0.481 e. The summed E-state index contributed by atoms with van der Waals surface area (Å²) in [7, 11) is 0. The van der Waals surface area contributed by atoms with Gasteiger partial charge in [-0.25, -0.2) is 0 Å². The third kappa shape index (κ3) is 4.04. The molecule has 0 aliphatic carbocycles. The van der Waals surface area contributed by atoms with Crippen molar-refractivity contribution in [3.05, 3.63) is 62.1 Å². The smallest absolute Gasteiger partial charge is 0.204 e.